The molecule has 2 aromatic heterocycles. The number of hydrogen-bond donors (Lipinski definition) is 0. The van der Waals surface area contributed by atoms with Crippen molar-refractivity contribution in [2.75, 3.05) is 0 Å². The average Bonchev–Trinajstić information content (AvgIpc) is 3.68. The molecule has 0 saturated carbocycles. The van der Waals surface area contributed by atoms with Crippen molar-refractivity contribution in [2.45, 2.75) is 13.8 Å². The van der Waals surface area contributed by atoms with Gasteiger partial charge in [0.1, 0.15) is 0 Å². The SMILES string of the molecule is Cc1cc(C)n(-c2cc3ccccc3[cH-]2)c1.[Cl][Zr+2][Cl].c1ccc2[cH-]c(-n3ccc4ccccc43)cc2c1. The van der Waals surface area contributed by atoms with Crippen LogP contribution in [0.15, 0.2) is 122 Å². The summed E-state index contributed by atoms with van der Waals surface area (Å²) in [5.74, 6) is 0. The molecule has 0 aliphatic carbocycles. The van der Waals surface area contributed by atoms with Crippen LogP contribution in [-0.2, 0) is 20.8 Å². The number of para-hydroxylation sites is 1. The minimum absolute atomic E-state index is 0.826. The molecule has 0 unspecified atom stereocenters. The van der Waals surface area contributed by atoms with Crippen LogP contribution < -0.4 is 0 Å². The van der Waals surface area contributed by atoms with Gasteiger partial charge in [0.05, 0.1) is 5.52 Å². The summed E-state index contributed by atoms with van der Waals surface area (Å²) in [6.07, 6.45) is 4.32. The molecule has 37 heavy (non-hydrogen) atoms. The van der Waals surface area contributed by atoms with E-state index in [1.165, 1.54) is 55.1 Å². The van der Waals surface area contributed by atoms with Crippen molar-refractivity contribution >= 4 is 49.5 Å². The van der Waals surface area contributed by atoms with Crippen LogP contribution in [0.25, 0.3) is 43.8 Å². The van der Waals surface area contributed by atoms with Gasteiger partial charge < -0.3 is 9.13 Å². The molecule has 5 heteroatoms. The first-order valence-corrected chi connectivity index (χ1v) is 18.4. The van der Waals surface area contributed by atoms with E-state index in [0.717, 1.165) is 0 Å². The minimum Gasteiger partial charge on any atom is -0.335 e. The second kappa shape index (κ2) is 11.7. The van der Waals surface area contributed by atoms with E-state index in [9.17, 15) is 0 Å². The molecule has 0 radical (unpaired) electrons. The molecule has 0 aliphatic heterocycles. The molecule has 0 bridgehead atoms. The second-order valence-electron chi connectivity index (χ2n) is 9.03. The first kappa shape index (κ1) is 25.8. The van der Waals surface area contributed by atoms with Gasteiger partial charge in [-0.25, -0.2) is 0 Å². The van der Waals surface area contributed by atoms with E-state index in [1.54, 1.807) is 0 Å². The van der Waals surface area contributed by atoms with Crippen LogP contribution in [0.5, 0.6) is 0 Å². The van der Waals surface area contributed by atoms with E-state index >= 15 is 0 Å². The maximum absolute atomic E-state index is 4.93. The normalized spacial score (nSPS) is 10.6. The first-order chi connectivity index (χ1) is 18.1. The predicted octanol–water partition coefficient (Wildman–Crippen LogP) is 9.85. The summed E-state index contributed by atoms with van der Waals surface area (Å²) < 4.78 is 4.49. The number of halogens is 2. The molecular formula is C32H26Cl2N2Zr. The maximum atomic E-state index is 4.93. The fraction of sp³-hybridized carbons (Fsp3) is 0.0625. The largest absolute Gasteiger partial charge is 0.335 e. The van der Waals surface area contributed by atoms with Crippen LogP contribution >= 0.6 is 17.0 Å². The van der Waals surface area contributed by atoms with E-state index in [2.05, 4.69) is 145 Å². The van der Waals surface area contributed by atoms with Crippen molar-refractivity contribution in [3.63, 3.8) is 0 Å². The Bertz CT molecular complexity index is 1700. The third kappa shape index (κ3) is 5.70. The van der Waals surface area contributed by atoms with Crippen LogP contribution in [0.1, 0.15) is 11.3 Å². The van der Waals surface area contributed by atoms with Gasteiger partial charge in [-0.1, -0.05) is 30.3 Å². The Balaban J connectivity index is 0.000000138. The molecule has 7 aromatic rings. The predicted molar refractivity (Wildman–Crippen MR) is 156 cm³/mol. The molecule has 2 heterocycles. The fourth-order valence-corrected chi connectivity index (χ4v) is 4.87. The van der Waals surface area contributed by atoms with Crippen LogP contribution in [0.3, 0.4) is 0 Å². The van der Waals surface area contributed by atoms with Crippen LogP contribution in [0.4, 0.5) is 0 Å². The summed E-state index contributed by atoms with van der Waals surface area (Å²) in [6, 6.07) is 38.7. The molecule has 0 saturated heterocycles. The summed E-state index contributed by atoms with van der Waals surface area (Å²) in [6.45, 7) is 4.27. The standard InChI is InChI=1S/C17H12N.C15H14N.2ClH.Zr/c1-2-7-15-12-16(11-14(15)6-1)18-10-9-13-5-3-4-8-17(13)18;1-11-7-12(2)16(10-11)15-8-13-5-3-4-6-14(13)9-15;;;/h1-12H;3-10H,1-2H3;2*1H;/q2*-1;;;+4/p-2. The monoisotopic (exact) mass is 598 g/mol. The smallest absolute Gasteiger partial charge is 0.0511 e. The molecule has 182 valence electrons. The number of aromatic nitrogens is 2. The van der Waals surface area contributed by atoms with Gasteiger partial charge in [-0.15, -0.1) is 82.2 Å². The number of hydrogen-bond acceptors (Lipinski definition) is 0. The molecule has 0 N–H and O–H groups in total. The summed E-state index contributed by atoms with van der Waals surface area (Å²) in [4.78, 5) is 0. The van der Waals surface area contributed by atoms with E-state index in [0.29, 0.717) is 0 Å². The van der Waals surface area contributed by atoms with Gasteiger partial charge in [0.15, 0.2) is 0 Å². The molecule has 7 rings (SSSR count). The second-order valence-corrected chi connectivity index (χ2v) is 12.8. The molecule has 2 nitrogen and oxygen atoms in total. The van der Waals surface area contributed by atoms with Gasteiger partial charge in [0, 0.05) is 18.1 Å². The zero-order valence-electron chi connectivity index (χ0n) is 20.7. The van der Waals surface area contributed by atoms with E-state index in [-0.39, 0.29) is 0 Å². The Labute approximate surface area is 236 Å². The molecule has 0 aliphatic rings. The third-order valence-electron chi connectivity index (χ3n) is 6.51. The van der Waals surface area contributed by atoms with E-state index < -0.39 is 20.8 Å². The Morgan fingerprint density at radius 1 is 0.622 bits per heavy atom. The van der Waals surface area contributed by atoms with Gasteiger partial charge in [0.25, 0.3) is 0 Å². The molecule has 5 aromatic carbocycles. The van der Waals surface area contributed by atoms with Gasteiger partial charge in [0.2, 0.25) is 0 Å². The summed E-state index contributed by atoms with van der Waals surface area (Å²) in [5.41, 5.74) is 6.34. The van der Waals surface area contributed by atoms with Crippen molar-refractivity contribution in [2.24, 2.45) is 0 Å². The number of fused-ring (bicyclic) bond motifs is 3. The Morgan fingerprint density at radius 3 is 1.68 bits per heavy atom. The van der Waals surface area contributed by atoms with Gasteiger partial charge in [-0.3, -0.25) is 0 Å². The average molecular weight is 601 g/mol. The van der Waals surface area contributed by atoms with Gasteiger partial charge in [-0.2, -0.15) is 0 Å². The zero-order chi connectivity index (χ0) is 25.8. The Morgan fingerprint density at radius 2 is 1.14 bits per heavy atom. The van der Waals surface area contributed by atoms with Gasteiger partial charge in [-0.05, 0) is 54.4 Å². The summed E-state index contributed by atoms with van der Waals surface area (Å²) in [7, 11) is 9.87. The zero-order valence-corrected chi connectivity index (χ0v) is 24.7. The molecular weight excluding hydrogens is 574 g/mol. The van der Waals surface area contributed by atoms with Crippen molar-refractivity contribution in [1.29, 1.82) is 0 Å². The third-order valence-corrected chi connectivity index (χ3v) is 6.51. The summed E-state index contributed by atoms with van der Waals surface area (Å²) in [5, 5.41) is 6.49. The quantitative estimate of drug-likeness (QED) is 0.175. The molecule has 0 spiro atoms. The number of nitrogens with zero attached hydrogens (tertiary/aromatic N) is 2. The number of benzene rings is 3. The molecule has 0 amide bonds. The Kier molecular flexibility index (Phi) is 8.15. The van der Waals surface area contributed by atoms with E-state index in [4.69, 9.17) is 17.0 Å². The fourth-order valence-electron chi connectivity index (χ4n) is 4.87. The van der Waals surface area contributed by atoms with Crippen LogP contribution in [0.2, 0.25) is 0 Å². The number of rotatable bonds is 2. The maximum Gasteiger partial charge on any atom is 0.0511 e. The van der Waals surface area contributed by atoms with Crippen molar-refractivity contribution in [3.8, 4) is 11.4 Å². The molecule has 0 fully saturated rings. The van der Waals surface area contributed by atoms with Gasteiger partial charge >= 0.3 is 37.9 Å². The topological polar surface area (TPSA) is 9.86 Å². The Hall–Kier alpha value is -2.84. The van der Waals surface area contributed by atoms with Crippen molar-refractivity contribution in [3.05, 3.63) is 133 Å². The van der Waals surface area contributed by atoms with Crippen LogP contribution in [-0.4, -0.2) is 9.13 Å². The first-order valence-electron chi connectivity index (χ1n) is 12.1. The molecule has 0 atom stereocenters. The van der Waals surface area contributed by atoms with Crippen molar-refractivity contribution < 1.29 is 20.8 Å². The summed E-state index contributed by atoms with van der Waals surface area (Å²) >= 11 is -0.826. The van der Waals surface area contributed by atoms with Crippen molar-refractivity contribution in [1.82, 2.24) is 9.13 Å². The van der Waals surface area contributed by atoms with Crippen LogP contribution in [0, 0.1) is 13.8 Å². The van der Waals surface area contributed by atoms with E-state index in [1.807, 2.05) is 0 Å². The number of aryl methyl sites for hydroxylation is 2. The minimum atomic E-state index is -0.826.